The molecule has 23 heavy (non-hydrogen) atoms. The maximum atomic E-state index is 5.97. The third kappa shape index (κ3) is 9.80. The molecule has 0 aromatic rings. The van der Waals surface area contributed by atoms with Gasteiger partial charge in [-0.25, -0.2) is 0 Å². The summed E-state index contributed by atoms with van der Waals surface area (Å²) in [7, 11) is 0. The summed E-state index contributed by atoms with van der Waals surface area (Å²) in [5.41, 5.74) is 5.97. The molecule has 1 unspecified atom stereocenters. The molecule has 0 radical (unpaired) electrons. The van der Waals surface area contributed by atoms with E-state index in [2.05, 4.69) is 35.9 Å². The first-order valence-corrected chi connectivity index (χ1v) is 9.96. The largest absolute Gasteiger partial charge is 0.343 e. The fourth-order valence-corrected chi connectivity index (χ4v) is 3.17. The quantitative estimate of drug-likeness (QED) is 0.350. The molecule has 0 amide bonds. The second kappa shape index (κ2) is 13.6. The third-order valence-corrected chi connectivity index (χ3v) is 4.62. The van der Waals surface area contributed by atoms with Gasteiger partial charge in [-0.1, -0.05) is 57.6 Å². The standard InChI is InChI=1S/C20H39N3/c1-3-4-5-6-7-8-9-10-11-12-13-14-15-16-20-22-17-18-23(20)19(2)21/h8-9,19H,3-7,10-18,21H2,1-2H3/b9-8+. The van der Waals surface area contributed by atoms with E-state index in [4.69, 9.17) is 5.73 Å². The minimum atomic E-state index is 0.116. The molecule has 0 saturated heterocycles. The van der Waals surface area contributed by atoms with Gasteiger partial charge in [0.05, 0.1) is 12.7 Å². The minimum absolute atomic E-state index is 0.116. The lowest BCUT2D eigenvalue weighted by atomic mass is 10.1. The van der Waals surface area contributed by atoms with Crippen molar-refractivity contribution in [2.24, 2.45) is 10.7 Å². The van der Waals surface area contributed by atoms with Crippen LogP contribution < -0.4 is 5.73 Å². The number of aliphatic imine (C=N–C) groups is 1. The van der Waals surface area contributed by atoms with Crippen molar-refractivity contribution in [2.75, 3.05) is 13.1 Å². The molecule has 0 saturated carbocycles. The number of amidine groups is 1. The molecule has 1 heterocycles. The van der Waals surface area contributed by atoms with Crippen LogP contribution in [0.2, 0.25) is 0 Å². The lowest BCUT2D eigenvalue weighted by Crippen LogP contribution is -2.41. The molecule has 1 rings (SSSR count). The van der Waals surface area contributed by atoms with E-state index in [1.54, 1.807) is 0 Å². The van der Waals surface area contributed by atoms with Gasteiger partial charge in [0.2, 0.25) is 0 Å². The van der Waals surface area contributed by atoms with Gasteiger partial charge in [-0.3, -0.25) is 4.99 Å². The first-order chi connectivity index (χ1) is 11.3. The molecule has 0 bridgehead atoms. The molecule has 2 N–H and O–H groups in total. The molecule has 0 aliphatic carbocycles. The molecule has 134 valence electrons. The van der Waals surface area contributed by atoms with E-state index in [1.165, 1.54) is 76.5 Å². The minimum Gasteiger partial charge on any atom is -0.343 e. The van der Waals surface area contributed by atoms with E-state index in [0.29, 0.717) is 0 Å². The van der Waals surface area contributed by atoms with Gasteiger partial charge in [0.1, 0.15) is 5.84 Å². The Morgan fingerprint density at radius 3 is 2.26 bits per heavy atom. The normalized spacial score (nSPS) is 16.3. The second-order valence-electron chi connectivity index (χ2n) is 6.86. The molecule has 0 aromatic heterocycles. The van der Waals surface area contributed by atoms with Crippen LogP contribution in [0.25, 0.3) is 0 Å². The fraction of sp³-hybridized carbons (Fsp3) is 0.850. The lowest BCUT2D eigenvalue weighted by Gasteiger charge is -2.24. The SMILES string of the molecule is CCCCCC/C=C/CCCCCCCC1=NCCN1C(C)N. The van der Waals surface area contributed by atoms with Gasteiger partial charge in [0.15, 0.2) is 0 Å². The van der Waals surface area contributed by atoms with Gasteiger partial charge in [-0.05, 0) is 39.0 Å². The van der Waals surface area contributed by atoms with Crippen LogP contribution in [0, 0.1) is 0 Å². The molecule has 1 aliphatic rings. The maximum absolute atomic E-state index is 5.97. The molecule has 0 spiro atoms. The van der Waals surface area contributed by atoms with E-state index in [-0.39, 0.29) is 6.17 Å². The summed E-state index contributed by atoms with van der Waals surface area (Å²) < 4.78 is 0. The second-order valence-corrected chi connectivity index (χ2v) is 6.86. The Bertz CT molecular complexity index is 334. The molecule has 3 nitrogen and oxygen atoms in total. The van der Waals surface area contributed by atoms with Crippen molar-refractivity contribution in [3.63, 3.8) is 0 Å². The van der Waals surface area contributed by atoms with Crippen LogP contribution >= 0.6 is 0 Å². The van der Waals surface area contributed by atoms with Crippen molar-refractivity contribution in [3.05, 3.63) is 12.2 Å². The van der Waals surface area contributed by atoms with Crippen LogP contribution in [0.4, 0.5) is 0 Å². The number of hydrogen-bond donors (Lipinski definition) is 1. The molecule has 0 aromatic carbocycles. The molecule has 1 aliphatic heterocycles. The molecular weight excluding hydrogens is 282 g/mol. The Balaban J connectivity index is 1.87. The highest BCUT2D eigenvalue weighted by molar-refractivity contribution is 5.83. The number of hydrogen-bond acceptors (Lipinski definition) is 3. The van der Waals surface area contributed by atoms with Gasteiger partial charge in [0, 0.05) is 13.0 Å². The molecular formula is C20H39N3. The van der Waals surface area contributed by atoms with E-state index in [0.717, 1.165) is 19.5 Å². The van der Waals surface area contributed by atoms with Crippen molar-refractivity contribution in [3.8, 4) is 0 Å². The van der Waals surface area contributed by atoms with Crippen LogP contribution in [0.15, 0.2) is 17.1 Å². The Morgan fingerprint density at radius 1 is 1.00 bits per heavy atom. The number of allylic oxidation sites excluding steroid dienone is 2. The fourth-order valence-electron chi connectivity index (χ4n) is 3.17. The number of unbranched alkanes of at least 4 members (excludes halogenated alkanes) is 9. The smallest absolute Gasteiger partial charge is 0.100 e. The molecule has 3 heteroatoms. The van der Waals surface area contributed by atoms with Crippen LogP contribution in [-0.2, 0) is 0 Å². The summed E-state index contributed by atoms with van der Waals surface area (Å²) in [6.45, 7) is 6.27. The van der Waals surface area contributed by atoms with Crippen LogP contribution in [0.3, 0.4) is 0 Å². The van der Waals surface area contributed by atoms with Gasteiger partial charge in [-0.15, -0.1) is 0 Å². The summed E-state index contributed by atoms with van der Waals surface area (Å²) in [6, 6.07) is 0. The lowest BCUT2D eigenvalue weighted by molar-refractivity contribution is 0.358. The third-order valence-electron chi connectivity index (χ3n) is 4.62. The predicted octanol–water partition coefficient (Wildman–Crippen LogP) is 5.26. The van der Waals surface area contributed by atoms with Crippen molar-refractivity contribution < 1.29 is 0 Å². The Morgan fingerprint density at radius 2 is 1.61 bits per heavy atom. The van der Waals surface area contributed by atoms with Crippen LogP contribution in [0.1, 0.15) is 90.9 Å². The highest BCUT2D eigenvalue weighted by Crippen LogP contribution is 2.13. The van der Waals surface area contributed by atoms with E-state index in [9.17, 15) is 0 Å². The Kier molecular flexibility index (Phi) is 11.9. The van der Waals surface area contributed by atoms with Crippen LogP contribution in [0.5, 0.6) is 0 Å². The van der Waals surface area contributed by atoms with Gasteiger partial charge in [0.25, 0.3) is 0 Å². The number of nitrogens with zero attached hydrogens (tertiary/aromatic N) is 2. The van der Waals surface area contributed by atoms with Crippen molar-refractivity contribution in [2.45, 2.75) is 97.1 Å². The van der Waals surface area contributed by atoms with E-state index in [1.807, 2.05) is 0 Å². The molecule has 1 atom stereocenters. The summed E-state index contributed by atoms with van der Waals surface area (Å²) in [4.78, 5) is 6.84. The summed E-state index contributed by atoms with van der Waals surface area (Å²) in [6.07, 6.45) is 20.7. The van der Waals surface area contributed by atoms with E-state index < -0.39 is 0 Å². The monoisotopic (exact) mass is 321 g/mol. The zero-order valence-corrected chi connectivity index (χ0v) is 15.6. The zero-order valence-electron chi connectivity index (χ0n) is 15.6. The first-order valence-electron chi connectivity index (χ1n) is 9.96. The highest BCUT2D eigenvalue weighted by Gasteiger charge is 2.18. The van der Waals surface area contributed by atoms with Gasteiger partial charge in [-0.2, -0.15) is 0 Å². The molecule has 0 fully saturated rings. The number of nitrogens with two attached hydrogens (primary N) is 1. The van der Waals surface area contributed by atoms with Gasteiger partial charge < -0.3 is 10.6 Å². The average Bonchev–Trinajstić information content (AvgIpc) is 3.00. The van der Waals surface area contributed by atoms with E-state index >= 15 is 0 Å². The van der Waals surface area contributed by atoms with Crippen molar-refractivity contribution >= 4 is 5.84 Å². The summed E-state index contributed by atoms with van der Waals surface area (Å²) in [5, 5.41) is 0. The Hall–Kier alpha value is -0.830. The summed E-state index contributed by atoms with van der Waals surface area (Å²) >= 11 is 0. The Labute approximate surface area is 144 Å². The van der Waals surface area contributed by atoms with Crippen molar-refractivity contribution in [1.82, 2.24) is 4.90 Å². The topological polar surface area (TPSA) is 41.6 Å². The number of rotatable bonds is 14. The summed E-state index contributed by atoms with van der Waals surface area (Å²) in [5.74, 6) is 1.24. The highest BCUT2D eigenvalue weighted by atomic mass is 15.3. The zero-order chi connectivity index (χ0) is 16.8. The maximum Gasteiger partial charge on any atom is 0.100 e. The first kappa shape index (κ1) is 20.2. The average molecular weight is 322 g/mol. The van der Waals surface area contributed by atoms with Gasteiger partial charge >= 0.3 is 0 Å². The van der Waals surface area contributed by atoms with Crippen LogP contribution in [-0.4, -0.2) is 30.0 Å². The predicted molar refractivity (Wildman–Crippen MR) is 103 cm³/mol. The van der Waals surface area contributed by atoms with Crippen molar-refractivity contribution in [1.29, 1.82) is 0 Å².